The van der Waals surface area contributed by atoms with Gasteiger partial charge in [-0.05, 0) is 25.1 Å². The van der Waals surface area contributed by atoms with E-state index in [1.807, 2.05) is 0 Å². The zero-order valence-electron chi connectivity index (χ0n) is 13.1. The molecule has 0 aliphatic carbocycles. The summed E-state index contributed by atoms with van der Waals surface area (Å²) in [6.45, 7) is 2.63. The molecule has 0 bridgehead atoms. The molecule has 1 aromatic carbocycles. The number of aryl methyl sites for hydroxylation is 1. The second-order valence-corrected chi connectivity index (χ2v) is 7.34. The van der Waals surface area contributed by atoms with E-state index in [0.717, 1.165) is 21.4 Å². The van der Waals surface area contributed by atoms with Crippen LogP contribution in [0.15, 0.2) is 23.6 Å². The SMILES string of the molecule is CC(=O)Oc1csc2cc(OCc3sc(C)nc3C(F)(F)F)ccc12. The molecule has 9 heteroatoms. The first-order valence-electron chi connectivity index (χ1n) is 7.10. The van der Waals surface area contributed by atoms with Crippen molar-refractivity contribution >= 4 is 38.7 Å². The smallest absolute Gasteiger partial charge is 0.434 e. The van der Waals surface area contributed by atoms with Crippen LogP contribution in [0.3, 0.4) is 0 Å². The highest BCUT2D eigenvalue weighted by atomic mass is 32.1. The normalized spacial score (nSPS) is 11.7. The van der Waals surface area contributed by atoms with Crippen molar-refractivity contribution in [2.24, 2.45) is 0 Å². The first kappa shape index (κ1) is 17.7. The van der Waals surface area contributed by atoms with Crippen molar-refractivity contribution < 1.29 is 27.4 Å². The van der Waals surface area contributed by atoms with Crippen molar-refractivity contribution in [1.82, 2.24) is 4.98 Å². The summed E-state index contributed by atoms with van der Waals surface area (Å²) in [6.07, 6.45) is -4.50. The van der Waals surface area contributed by atoms with Gasteiger partial charge in [0.15, 0.2) is 5.69 Å². The zero-order chi connectivity index (χ0) is 18.2. The lowest BCUT2D eigenvalue weighted by Crippen LogP contribution is -2.10. The van der Waals surface area contributed by atoms with Gasteiger partial charge >= 0.3 is 12.1 Å². The van der Waals surface area contributed by atoms with Crippen molar-refractivity contribution in [3.05, 3.63) is 39.2 Å². The first-order valence-corrected chi connectivity index (χ1v) is 8.79. The number of esters is 1. The first-order chi connectivity index (χ1) is 11.7. The molecule has 0 saturated heterocycles. The molecular formula is C16H12F3NO3S2. The number of thiophene rings is 1. The lowest BCUT2D eigenvalue weighted by molar-refractivity contribution is -0.141. The van der Waals surface area contributed by atoms with Gasteiger partial charge in [-0.15, -0.1) is 22.7 Å². The number of carbonyl (C=O) groups excluding carboxylic acids is 1. The number of ether oxygens (including phenoxy) is 2. The van der Waals surface area contributed by atoms with E-state index >= 15 is 0 Å². The second-order valence-electron chi connectivity index (χ2n) is 5.14. The Kier molecular flexibility index (Phi) is 4.70. The Labute approximate surface area is 148 Å². The molecule has 132 valence electrons. The Morgan fingerprint density at radius 3 is 2.76 bits per heavy atom. The molecule has 0 aliphatic heterocycles. The van der Waals surface area contributed by atoms with Gasteiger partial charge in [-0.25, -0.2) is 4.98 Å². The molecule has 3 rings (SSSR count). The molecule has 0 spiro atoms. The van der Waals surface area contributed by atoms with E-state index in [1.54, 1.807) is 23.6 Å². The second kappa shape index (κ2) is 6.64. The van der Waals surface area contributed by atoms with E-state index < -0.39 is 17.8 Å². The molecule has 25 heavy (non-hydrogen) atoms. The van der Waals surface area contributed by atoms with Gasteiger partial charge in [0.05, 0.1) is 9.88 Å². The van der Waals surface area contributed by atoms with Crippen LogP contribution in [-0.4, -0.2) is 11.0 Å². The van der Waals surface area contributed by atoms with Crippen LogP contribution in [0.4, 0.5) is 13.2 Å². The third-order valence-corrected chi connectivity index (χ3v) is 5.08. The summed E-state index contributed by atoms with van der Waals surface area (Å²) in [7, 11) is 0. The van der Waals surface area contributed by atoms with Crippen LogP contribution in [0, 0.1) is 6.92 Å². The van der Waals surface area contributed by atoms with Gasteiger partial charge in [-0.1, -0.05) is 0 Å². The van der Waals surface area contributed by atoms with E-state index in [2.05, 4.69) is 4.98 Å². The minimum Gasteiger partial charge on any atom is -0.488 e. The number of hydrogen-bond donors (Lipinski definition) is 0. The Bertz CT molecular complexity index is 930. The zero-order valence-corrected chi connectivity index (χ0v) is 14.8. The number of nitrogens with zero attached hydrogens (tertiary/aromatic N) is 1. The highest BCUT2D eigenvalue weighted by molar-refractivity contribution is 7.17. The van der Waals surface area contributed by atoms with E-state index in [9.17, 15) is 18.0 Å². The number of hydrogen-bond acceptors (Lipinski definition) is 6. The number of halogens is 3. The average Bonchev–Trinajstić information content (AvgIpc) is 3.08. The highest BCUT2D eigenvalue weighted by Crippen LogP contribution is 2.37. The van der Waals surface area contributed by atoms with Crippen LogP contribution in [-0.2, 0) is 17.6 Å². The molecule has 0 radical (unpaired) electrons. The molecule has 0 unspecified atom stereocenters. The van der Waals surface area contributed by atoms with E-state index in [1.165, 1.54) is 25.2 Å². The molecular weight excluding hydrogens is 375 g/mol. The van der Waals surface area contributed by atoms with Gasteiger partial charge in [0.1, 0.15) is 18.1 Å². The Balaban J connectivity index is 1.79. The number of thiazole rings is 1. The largest absolute Gasteiger partial charge is 0.488 e. The van der Waals surface area contributed by atoms with Crippen molar-refractivity contribution in [3.8, 4) is 11.5 Å². The number of carbonyl (C=O) groups is 1. The average molecular weight is 387 g/mol. The van der Waals surface area contributed by atoms with Crippen LogP contribution < -0.4 is 9.47 Å². The molecule has 0 atom stereocenters. The topological polar surface area (TPSA) is 48.4 Å². The van der Waals surface area contributed by atoms with Crippen LogP contribution in [0.2, 0.25) is 0 Å². The predicted molar refractivity (Wildman–Crippen MR) is 89.3 cm³/mol. The summed E-state index contributed by atoms with van der Waals surface area (Å²) < 4.78 is 50.3. The van der Waals surface area contributed by atoms with Crippen LogP contribution in [0.1, 0.15) is 22.5 Å². The summed E-state index contributed by atoms with van der Waals surface area (Å²) >= 11 is 2.32. The summed E-state index contributed by atoms with van der Waals surface area (Å²) in [6, 6.07) is 5.04. The molecule has 2 aromatic heterocycles. The van der Waals surface area contributed by atoms with E-state index in [0.29, 0.717) is 16.5 Å². The van der Waals surface area contributed by atoms with Gasteiger partial charge in [-0.2, -0.15) is 13.2 Å². The monoisotopic (exact) mass is 387 g/mol. The van der Waals surface area contributed by atoms with E-state index in [-0.39, 0.29) is 11.5 Å². The number of fused-ring (bicyclic) bond motifs is 1. The Morgan fingerprint density at radius 1 is 1.32 bits per heavy atom. The minimum absolute atomic E-state index is 0.0388. The van der Waals surface area contributed by atoms with Crippen molar-refractivity contribution in [2.45, 2.75) is 26.6 Å². The maximum Gasteiger partial charge on any atom is 0.434 e. The molecule has 4 nitrogen and oxygen atoms in total. The van der Waals surface area contributed by atoms with Crippen LogP contribution in [0.25, 0.3) is 10.1 Å². The summed E-state index contributed by atoms with van der Waals surface area (Å²) in [5, 5.41) is 2.78. The quantitative estimate of drug-likeness (QED) is 0.578. The summed E-state index contributed by atoms with van der Waals surface area (Å²) in [5.74, 6) is 0.472. The van der Waals surface area contributed by atoms with Gasteiger partial charge < -0.3 is 9.47 Å². The molecule has 0 N–H and O–H groups in total. The third-order valence-electron chi connectivity index (χ3n) is 3.21. The number of alkyl halides is 3. The van der Waals surface area contributed by atoms with Crippen molar-refractivity contribution in [3.63, 3.8) is 0 Å². The lowest BCUT2D eigenvalue weighted by atomic mass is 10.2. The predicted octanol–water partition coefficient (Wildman–Crippen LogP) is 5.19. The Hall–Kier alpha value is -2.13. The fourth-order valence-corrected chi connectivity index (χ4v) is 4.00. The van der Waals surface area contributed by atoms with Gasteiger partial charge in [0.25, 0.3) is 0 Å². The third kappa shape index (κ3) is 3.93. The number of benzene rings is 1. The molecule has 0 fully saturated rings. The van der Waals surface area contributed by atoms with Crippen molar-refractivity contribution in [2.75, 3.05) is 0 Å². The molecule has 0 aliphatic rings. The number of aromatic nitrogens is 1. The minimum atomic E-state index is -4.50. The van der Waals surface area contributed by atoms with Crippen LogP contribution in [0.5, 0.6) is 11.5 Å². The maximum atomic E-state index is 13.0. The standard InChI is InChI=1S/C16H12F3NO3S2/c1-8-20-15(16(17,18)19)14(25-8)6-22-10-3-4-11-12(23-9(2)21)7-24-13(11)5-10/h3-5,7H,6H2,1-2H3. The highest BCUT2D eigenvalue weighted by Gasteiger charge is 2.37. The molecule has 0 saturated carbocycles. The fourth-order valence-electron chi connectivity index (χ4n) is 2.25. The molecule has 3 aromatic rings. The molecule has 2 heterocycles. The fraction of sp³-hybridized carbons (Fsp3) is 0.250. The van der Waals surface area contributed by atoms with E-state index in [4.69, 9.17) is 9.47 Å². The summed E-state index contributed by atoms with van der Waals surface area (Å²) in [5.41, 5.74) is -0.899. The van der Waals surface area contributed by atoms with Gasteiger partial charge in [0.2, 0.25) is 0 Å². The van der Waals surface area contributed by atoms with Gasteiger partial charge in [-0.3, -0.25) is 4.79 Å². The molecule has 0 amide bonds. The van der Waals surface area contributed by atoms with Gasteiger partial charge in [0, 0.05) is 22.4 Å². The maximum absolute atomic E-state index is 13.0. The van der Waals surface area contributed by atoms with Crippen molar-refractivity contribution in [1.29, 1.82) is 0 Å². The van der Waals surface area contributed by atoms with Crippen LogP contribution >= 0.6 is 22.7 Å². The lowest BCUT2D eigenvalue weighted by Gasteiger charge is -2.08. The number of rotatable bonds is 4. The summed E-state index contributed by atoms with van der Waals surface area (Å²) in [4.78, 5) is 14.6. The Morgan fingerprint density at radius 2 is 2.08 bits per heavy atom.